The summed E-state index contributed by atoms with van der Waals surface area (Å²) in [5.41, 5.74) is 0.566. The van der Waals surface area contributed by atoms with Gasteiger partial charge in [0.05, 0.1) is 11.3 Å². The highest BCUT2D eigenvalue weighted by atomic mass is 32.2. The molecule has 0 fully saturated rings. The molecule has 1 unspecified atom stereocenters. The number of halogens is 2. The SMILES string of the molecule is CC(C)C(C)NC(=O)Cc1ccc(S(=O)(=O)C(F)F)cc1. The van der Waals surface area contributed by atoms with Crippen LogP contribution in [0.15, 0.2) is 29.2 Å². The molecular weight excluding hydrogens is 300 g/mol. The minimum Gasteiger partial charge on any atom is -0.353 e. The van der Waals surface area contributed by atoms with Gasteiger partial charge >= 0.3 is 5.76 Å². The number of nitrogens with one attached hydrogen (secondary N) is 1. The lowest BCUT2D eigenvalue weighted by atomic mass is 10.1. The largest absolute Gasteiger partial charge is 0.353 e. The third-order valence-electron chi connectivity index (χ3n) is 3.24. The highest BCUT2D eigenvalue weighted by Crippen LogP contribution is 2.18. The van der Waals surface area contributed by atoms with Crippen LogP contribution in [-0.2, 0) is 21.1 Å². The van der Waals surface area contributed by atoms with Crippen molar-refractivity contribution in [3.63, 3.8) is 0 Å². The molecule has 0 aromatic heterocycles. The quantitative estimate of drug-likeness (QED) is 0.875. The lowest BCUT2D eigenvalue weighted by molar-refractivity contribution is -0.121. The van der Waals surface area contributed by atoms with Gasteiger partial charge in [-0.15, -0.1) is 0 Å². The Kier molecular flexibility index (Phi) is 5.83. The van der Waals surface area contributed by atoms with Gasteiger partial charge in [0.1, 0.15) is 0 Å². The van der Waals surface area contributed by atoms with Gasteiger partial charge in [-0.2, -0.15) is 8.78 Å². The highest BCUT2D eigenvalue weighted by Gasteiger charge is 2.26. The van der Waals surface area contributed by atoms with Crippen molar-refractivity contribution in [2.75, 3.05) is 0 Å². The van der Waals surface area contributed by atoms with Gasteiger partial charge in [0.2, 0.25) is 15.7 Å². The summed E-state index contributed by atoms with van der Waals surface area (Å²) < 4.78 is 47.3. The summed E-state index contributed by atoms with van der Waals surface area (Å²) in [6.45, 7) is 5.85. The summed E-state index contributed by atoms with van der Waals surface area (Å²) in [5.74, 6) is -3.34. The molecule has 1 rings (SSSR count). The summed E-state index contributed by atoms with van der Waals surface area (Å²) in [6.07, 6.45) is 0.0755. The Morgan fingerprint density at radius 1 is 1.14 bits per heavy atom. The van der Waals surface area contributed by atoms with Crippen LogP contribution in [0.25, 0.3) is 0 Å². The van der Waals surface area contributed by atoms with E-state index in [2.05, 4.69) is 5.32 Å². The van der Waals surface area contributed by atoms with Crippen molar-refractivity contribution < 1.29 is 22.0 Å². The van der Waals surface area contributed by atoms with Gasteiger partial charge in [0.25, 0.3) is 0 Å². The maximum Gasteiger partial charge on any atom is 0.341 e. The molecule has 0 aliphatic heterocycles. The number of hydrogen-bond acceptors (Lipinski definition) is 3. The fourth-order valence-electron chi connectivity index (χ4n) is 1.56. The Balaban J connectivity index is 2.74. The molecule has 1 atom stereocenters. The highest BCUT2D eigenvalue weighted by molar-refractivity contribution is 7.91. The lowest BCUT2D eigenvalue weighted by Gasteiger charge is -2.17. The van der Waals surface area contributed by atoms with E-state index >= 15 is 0 Å². The number of amides is 1. The molecule has 1 aromatic carbocycles. The number of sulfone groups is 1. The fraction of sp³-hybridized carbons (Fsp3) is 0.500. The molecule has 0 heterocycles. The van der Waals surface area contributed by atoms with Crippen molar-refractivity contribution in [3.8, 4) is 0 Å². The smallest absolute Gasteiger partial charge is 0.341 e. The lowest BCUT2D eigenvalue weighted by Crippen LogP contribution is -2.37. The van der Waals surface area contributed by atoms with Crippen LogP contribution >= 0.6 is 0 Å². The van der Waals surface area contributed by atoms with Crippen LogP contribution in [0.2, 0.25) is 0 Å². The molecule has 118 valence electrons. The van der Waals surface area contributed by atoms with Crippen molar-refractivity contribution in [1.29, 1.82) is 0 Å². The maximum absolute atomic E-state index is 12.4. The molecule has 0 saturated heterocycles. The van der Waals surface area contributed by atoms with Gasteiger partial charge in [-0.3, -0.25) is 4.79 Å². The predicted octanol–water partition coefficient (Wildman–Crippen LogP) is 2.39. The van der Waals surface area contributed by atoms with E-state index in [0.717, 1.165) is 12.1 Å². The van der Waals surface area contributed by atoms with E-state index in [1.807, 2.05) is 20.8 Å². The molecule has 1 aromatic rings. The first-order valence-corrected chi connectivity index (χ1v) is 8.09. The Bertz CT molecular complexity index is 583. The van der Waals surface area contributed by atoms with E-state index in [9.17, 15) is 22.0 Å². The molecule has 4 nitrogen and oxygen atoms in total. The van der Waals surface area contributed by atoms with Gasteiger partial charge in [0.15, 0.2) is 0 Å². The second-order valence-corrected chi connectivity index (χ2v) is 7.14. The van der Waals surface area contributed by atoms with E-state index in [1.54, 1.807) is 0 Å². The van der Waals surface area contributed by atoms with Crippen LogP contribution in [0, 0.1) is 5.92 Å². The fourth-order valence-corrected chi connectivity index (χ4v) is 2.28. The summed E-state index contributed by atoms with van der Waals surface area (Å²) >= 11 is 0. The number of hydrogen-bond donors (Lipinski definition) is 1. The second-order valence-electron chi connectivity index (χ2n) is 5.23. The van der Waals surface area contributed by atoms with Crippen molar-refractivity contribution in [1.82, 2.24) is 5.32 Å². The minimum absolute atomic E-state index is 0.0241. The van der Waals surface area contributed by atoms with Crippen molar-refractivity contribution in [2.24, 2.45) is 5.92 Å². The molecule has 0 spiro atoms. The van der Waals surface area contributed by atoms with E-state index in [1.165, 1.54) is 12.1 Å². The minimum atomic E-state index is -4.59. The van der Waals surface area contributed by atoms with Gasteiger partial charge in [-0.05, 0) is 30.5 Å². The zero-order valence-electron chi connectivity index (χ0n) is 12.1. The molecule has 7 heteroatoms. The number of carbonyl (C=O) groups is 1. The second kappa shape index (κ2) is 6.98. The van der Waals surface area contributed by atoms with Crippen LogP contribution in [-0.4, -0.2) is 26.1 Å². The molecule has 1 amide bonds. The predicted molar refractivity (Wildman–Crippen MR) is 75.8 cm³/mol. The first-order valence-electron chi connectivity index (χ1n) is 6.55. The van der Waals surface area contributed by atoms with E-state index < -0.39 is 20.5 Å². The molecule has 0 bridgehead atoms. The molecular formula is C14H19F2NO3S. The number of benzene rings is 1. The third kappa shape index (κ3) is 4.77. The van der Waals surface area contributed by atoms with Crippen LogP contribution in [0.4, 0.5) is 8.78 Å². The zero-order valence-corrected chi connectivity index (χ0v) is 13.0. The Morgan fingerprint density at radius 3 is 2.10 bits per heavy atom. The van der Waals surface area contributed by atoms with E-state index in [4.69, 9.17) is 0 Å². The van der Waals surface area contributed by atoms with Crippen LogP contribution in [0.3, 0.4) is 0 Å². The van der Waals surface area contributed by atoms with E-state index in [-0.39, 0.29) is 18.4 Å². The standard InChI is InChI=1S/C14H19F2NO3S/c1-9(2)10(3)17-13(18)8-11-4-6-12(7-5-11)21(19,20)14(15)16/h4-7,9-10,14H,8H2,1-3H3,(H,17,18). The number of carbonyl (C=O) groups excluding carboxylic acids is 1. The summed E-state index contributed by atoms with van der Waals surface area (Å²) in [5, 5.41) is 2.81. The average molecular weight is 319 g/mol. The third-order valence-corrected chi connectivity index (χ3v) is 4.64. The van der Waals surface area contributed by atoms with Gasteiger partial charge in [-0.25, -0.2) is 8.42 Å². The molecule has 0 aliphatic rings. The van der Waals surface area contributed by atoms with Gasteiger partial charge in [0, 0.05) is 6.04 Å². The van der Waals surface area contributed by atoms with Gasteiger partial charge < -0.3 is 5.32 Å². The number of rotatable bonds is 6. The first-order chi connectivity index (χ1) is 9.64. The normalized spacial score (nSPS) is 13.5. The Labute approximate surface area is 123 Å². The zero-order chi connectivity index (χ0) is 16.2. The monoisotopic (exact) mass is 319 g/mol. The van der Waals surface area contributed by atoms with Crippen LogP contribution < -0.4 is 5.32 Å². The molecule has 0 aliphatic carbocycles. The Morgan fingerprint density at radius 2 is 1.67 bits per heavy atom. The molecule has 0 saturated carbocycles. The van der Waals surface area contributed by atoms with E-state index in [0.29, 0.717) is 11.5 Å². The molecule has 21 heavy (non-hydrogen) atoms. The Hall–Kier alpha value is -1.50. The van der Waals surface area contributed by atoms with Crippen LogP contribution in [0.5, 0.6) is 0 Å². The van der Waals surface area contributed by atoms with Crippen molar-refractivity contribution in [2.45, 2.75) is 43.9 Å². The number of alkyl halides is 2. The van der Waals surface area contributed by atoms with Gasteiger partial charge in [-0.1, -0.05) is 26.0 Å². The van der Waals surface area contributed by atoms with Crippen molar-refractivity contribution in [3.05, 3.63) is 29.8 Å². The maximum atomic E-state index is 12.4. The molecule has 0 radical (unpaired) electrons. The topological polar surface area (TPSA) is 63.2 Å². The molecule has 1 N–H and O–H groups in total. The summed E-state index contributed by atoms with van der Waals surface area (Å²) in [7, 11) is -4.59. The summed E-state index contributed by atoms with van der Waals surface area (Å²) in [4.78, 5) is 11.3. The van der Waals surface area contributed by atoms with Crippen LogP contribution in [0.1, 0.15) is 26.3 Å². The summed E-state index contributed by atoms with van der Waals surface area (Å²) in [6, 6.07) is 4.95. The first kappa shape index (κ1) is 17.6. The van der Waals surface area contributed by atoms with Crippen molar-refractivity contribution >= 4 is 15.7 Å². The average Bonchev–Trinajstić information content (AvgIpc) is 2.38.